The molecule has 0 aliphatic heterocycles. The van der Waals surface area contributed by atoms with Gasteiger partial charge < -0.3 is 27.9 Å². The number of nitrogens with zero attached hydrogens (tertiary/aromatic N) is 1. The Morgan fingerprint density at radius 2 is 0.935 bits per heavy atom. The Kier molecular flexibility index (Phi) is 44.9. The summed E-state index contributed by atoms with van der Waals surface area (Å²) in [6, 6.07) is 0. The molecule has 0 aliphatic carbocycles. The third kappa shape index (κ3) is 49.5. The molecule has 0 heterocycles. The normalized spacial score (nSPS) is 14.0. The average Bonchev–Trinajstić information content (AvgIpc) is 3.23. The van der Waals surface area contributed by atoms with Gasteiger partial charge in [0, 0.05) is 13.0 Å². The predicted octanol–water partition coefficient (Wildman–Crippen LogP) is 15.3. The molecule has 0 bridgehead atoms. The summed E-state index contributed by atoms with van der Waals surface area (Å²) in [4.78, 5) is 25.1. The second-order valence-electron chi connectivity index (χ2n) is 18.5. The maximum absolute atomic E-state index is 12.7. The lowest BCUT2D eigenvalue weighted by atomic mass is 10.0. The molecule has 0 aromatic rings. The molecule has 0 fully saturated rings. The van der Waals surface area contributed by atoms with Crippen molar-refractivity contribution in [1.82, 2.24) is 0 Å². The van der Waals surface area contributed by atoms with Gasteiger partial charge in [-0.25, -0.2) is 0 Å². The Morgan fingerprint density at radius 3 is 1.40 bits per heavy atom. The number of likely N-dealkylation sites (N-methyl/N-ethyl adjacent to an activating group) is 1. The van der Waals surface area contributed by atoms with Gasteiger partial charge in [0.15, 0.2) is 0 Å². The van der Waals surface area contributed by atoms with Crippen molar-refractivity contribution in [3.05, 3.63) is 48.6 Å². The van der Waals surface area contributed by atoms with E-state index in [1.54, 1.807) is 0 Å². The zero-order chi connectivity index (χ0) is 45.5. The van der Waals surface area contributed by atoms with Crippen LogP contribution in [0.4, 0.5) is 0 Å². The summed E-state index contributed by atoms with van der Waals surface area (Å²) in [6.07, 6.45) is 57.1. The molecule has 0 saturated carbocycles. The lowest BCUT2D eigenvalue weighted by Gasteiger charge is -2.28. The number of carbonyl (C=O) groups excluding carboxylic acids is 1. The molecule has 0 aromatic heterocycles. The first kappa shape index (κ1) is 60.5. The van der Waals surface area contributed by atoms with Gasteiger partial charge in [-0.3, -0.25) is 9.36 Å². The van der Waals surface area contributed by atoms with E-state index in [2.05, 4.69) is 62.5 Å². The van der Waals surface area contributed by atoms with Gasteiger partial charge in [-0.1, -0.05) is 217 Å². The summed E-state index contributed by atoms with van der Waals surface area (Å²) in [6.45, 7) is 5.33. The van der Waals surface area contributed by atoms with Crippen molar-refractivity contribution in [2.45, 2.75) is 232 Å². The van der Waals surface area contributed by atoms with E-state index >= 15 is 0 Å². The number of hydrogen-bond donors (Lipinski definition) is 0. The zero-order valence-corrected chi connectivity index (χ0v) is 42.2. The molecule has 0 aliphatic rings. The molecule has 2 atom stereocenters. The first-order valence-electron chi connectivity index (χ1n) is 25.9. The van der Waals surface area contributed by atoms with E-state index in [1.165, 1.54) is 148 Å². The maximum atomic E-state index is 12.7. The minimum absolute atomic E-state index is 0.0268. The number of phosphoric acid groups is 1. The lowest BCUT2D eigenvalue weighted by Crippen LogP contribution is -2.37. The molecule has 0 spiro atoms. The highest BCUT2D eigenvalue weighted by Gasteiger charge is 2.20. The van der Waals surface area contributed by atoms with Crippen LogP contribution in [-0.2, 0) is 27.9 Å². The van der Waals surface area contributed by atoms with Crippen LogP contribution in [0.5, 0.6) is 0 Å². The van der Waals surface area contributed by atoms with Crippen LogP contribution in [0.25, 0.3) is 0 Å². The standard InChI is InChI=1S/C53H100NO7P/c1-6-8-10-12-14-16-18-20-22-23-24-25-26-27-28-29-30-31-32-33-35-37-39-41-43-45-48-58-50-52(51-60-62(56,57)59-49-47-54(3,4)5)61-53(55)46-44-42-40-38-36-34-21-19-17-15-13-11-9-7-2/h8,10,14,16,20,22,24-25,52H,6-7,9,11-13,15,17-19,21,23,26-51H2,1-5H3/b10-8-,16-14-,22-20-,25-24-. The quantitative estimate of drug-likeness (QED) is 0.0197. The molecule has 0 radical (unpaired) electrons. The smallest absolute Gasteiger partial charge is 0.306 e. The maximum Gasteiger partial charge on any atom is 0.306 e. The van der Waals surface area contributed by atoms with E-state index in [0.717, 1.165) is 57.8 Å². The topological polar surface area (TPSA) is 94.1 Å². The number of quaternary nitrogens is 1. The van der Waals surface area contributed by atoms with Crippen LogP contribution in [0.15, 0.2) is 48.6 Å². The van der Waals surface area contributed by atoms with Crippen LogP contribution in [0.1, 0.15) is 226 Å². The highest BCUT2D eigenvalue weighted by atomic mass is 31.2. The minimum Gasteiger partial charge on any atom is -0.756 e. The zero-order valence-electron chi connectivity index (χ0n) is 41.3. The first-order chi connectivity index (χ1) is 30.1. The van der Waals surface area contributed by atoms with Crippen molar-refractivity contribution in [2.24, 2.45) is 0 Å². The van der Waals surface area contributed by atoms with Gasteiger partial charge in [-0.05, 0) is 51.4 Å². The minimum atomic E-state index is -4.53. The molecule has 0 aromatic carbocycles. The Labute approximate surface area is 384 Å². The highest BCUT2D eigenvalue weighted by molar-refractivity contribution is 7.45. The van der Waals surface area contributed by atoms with Gasteiger partial charge in [-0.2, -0.15) is 0 Å². The molecule has 0 N–H and O–H groups in total. The van der Waals surface area contributed by atoms with Crippen molar-refractivity contribution >= 4 is 13.8 Å². The number of esters is 1. The van der Waals surface area contributed by atoms with Crippen LogP contribution >= 0.6 is 7.82 Å². The number of rotatable bonds is 48. The molecule has 8 nitrogen and oxygen atoms in total. The molecular formula is C53H100NO7P. The van der Waals surface area contributed by atoms with E-state index in [1.807, 2.05) is 21.1 Å². The fraction of sp³-hybridized carbons (Fsp3) is 0.830. The third-order valence-electron chi connectivity index (χ3n) is 11.1. The van der Waals surface area contributed by atoms with Gasteiger partial charge in [0.1, 0.15) is 19.3 Å². The number of carbonyl (C=O) groups is 1. The Hall–Kier alpha value is -1.54. The van der Waals surface area contributed by atoms with Crippen LogP contribution in [0.3, 0.4) is 0 Å². The van der Waals surface area contributed by atoms with E-state index in [9.17, 15) is 14.3 Å². The van der Waals surface area contributed by atoms with E-state index in [4.69, 9.17) is 18.5 Å². The molecule has 0 saturated heterocycles. The largest absolute Gasteiger partial charge is 0.756 e. The van der Waals surface area contributed by atoms with Crippen LogP contribution in [-0.4, -0.2) is 70.7 Å². The predicted molar refractivity (Wildman–Crippen MR) is 263 cm³/mol. The van der Waals surface area contributed by atoms with E-state index in [-0.39, 0.29) is 25.8 Å². The monoisotopic (exact) mass is 894 g/mol. The molecule has 364 valence electrons. The third-order valence-corrected chi connectivity index (χ3v) is 12.1. The molecule has 9 heteroatoms. The summed E-state index contributed by atoms with van der Waals surface area (Å²) < 4.78 is 34.7. The average molecular weight is 894 g/mol. The SMILES string of the molecule is CC/C=C\C/C=C\C/C=C\C/C=C\CCCCCCCCCCCCCCCOCC(COP(=O)([O-])OCC[N+](C)(C)C)OC(=O)CCCCCCCCCCCCCCCC. The van der Waals surface area contributed by atoms with Gasteiger partial charge in [0.05, 0.1) is 34.4 Å². The summed E-state index contributed by atoms with van der Waals surface area (Å²) in [5.41, 5.74) is 0. The van der Waals surface area contributed by atoms with Crippen molar-refractivity contribution in [3.63, 3.8) is 0 Å². The fourth-order valence-electron chi connectivity index (χ4n) is 7.19. The summed E-state index contributed by atoms with van der Waals surface area (Å²) in [5.74, 6) is -0.332. The van der Waals surface area contributed by atoms with Gasteiger partial charge >= 0.3 is 5.97 Å². The fourth-order valence-corrected chi connectivity index (χ4v) is 7.91. The number of hydrogen-bond acceptors (Lipinski definition) is 7. The Bertz CT molecular complexity index is 1130. The van der Waals surface area contributed by atoms with E-state index in [0.29, 0.717) is 24.1 Å². The summed E-state index contributed by atoms with van der Waals surface area (Å²) in [5, 5.41) is 0. The number of unbranched alkanes of at least 4 members (excludes halogenated alkanes) is 26. The number of phosphoric ester groups is 1. The Morgan fingerprint density at radius 1 is 0.516 bits per heavy atom. The van der Waals surface area contributed by atoms with Gasteiger partial charge in [0.25, 0.3) is 7.82 Å². The molecule has 2 unspecified atom stereocenters. The van der Waals surface area contributed by atoms with Crippen molar-refractivity contribution < 1.29 is 37.3 Å². The highest BCUT2D eigenvalue weighted by Crippen LogP contribution is 2.38. The molecular weight excluding hydrogens is 794 g/mol. The van der Waals surface area contributed by atoms with E-state index < -0.39 is 13.9 Å². The van der Waals surface area contributed by atoms with Crippen molar-refractivity contribution in [3.8, 4) is 0 Å². The van der Waals surface area contributed by atoms with Crippen molar-refractivity contribution in [2.75, 3.05) is 54.1 Å². The van der Waals surface area contributed by atoms with Crippen LogP contribution in [0, 0.1) is 0 Å². The Balaban J connectivity index is 4.05. The van der Waals surface area contributed by atoms with Gasteiger partial charge in [0.2, 0.25) is 0 Å². The first-order valence-corrected chi connectivity index (χ1v) is 27.3. The molecule has 0 rings (SSSR count). The summed E-state index contributed by atoms with van der Waals surface area (Å²) in [7, 11) is 1.36. The van der Waals surface area contributed by atoms with Crippen molar-refractivity contribution in [1.29, 1.82) is 0 Å². The number of allylic oxidation sites excluding steroid dienone is 8. The second-order valence-corrected chi connectivity index (χ2v) is 19.9. The van der Waals surface area contributed by atoms with Crippen LogP contribution in [0.2, 0.25) is 0 Å². The number of ether oxygens (including phenoxy) is 2. The van der Waals surface area contributed by atoms with Crippen LogP contribution < -0.4 is 4.89 Å². The lowest BCUT2D eigenvalue weighted by molar-refractivity contribution is -0.870. The summed E-state index contributed by atoms with van der Waals surface area (Å²) >= 11 is 0. The van der Waals surface area contributed by atoms with Gasteiger partial charge in [-0.15, -0.1) is 0 Å². The molecule has 62 heavy (non-hydrogen) atoms. The second kappa shape index (κ2) is 46.0. The molecule has 0 amide bonds.